The van der Waals surface area contributed by atoms with Crippen LogP contribution in [-0.2, 0) is 11.2 Å². The van der Waals surface area contributed by atoms with Crippen molar-refractivity contribution < 1.29 is 9.53 Å². The van der Waals surface area contributed by atoms with Crippen molar-refractivity contribution in [3.8, 4) is 5.75 Å². The summed E-state index contributed by atoms with van der Waals surface area (Å²) in [5.74, 6) is 0.901. The van der Waals surface area contributed by atoms with E-state index in [1.807, 2.05) is 35.7 Å². The molecule has 2 heterocycles. The third-order valence-electron chi connectivity index (χ3n) is 5.10. The zero-order chi connectivity index (χ0) is 19.3. The van der Waals surface area contributed by atoms with Gasteiger partial charge in [-0.05, 0) is 53.6 Å². The Morgan fingerprint density at radius 3 is 2.79 bits per heavy atom. The van der Waals surface area contributed by atoms with Gasteiger partial charge in [-0.2, -0.15) is 0 Å². The number of carbonyl (C=O) groups is 1. The third-order valence-corrected chi connectivity index (χ3v) is 6.04. The molecule has 0 bridgehead atoms. The second-order valence-electron chi connectivity index (χ2n) is 6.95. The quantitative estimate of drug-likeness (QED) is 0.675. The predicted octanol–water partition coefficient (Wildman–Crippen LogP) is 4.42. The summed E-state index contributed by atoms with van der Waals surface area (Å²) in [6.45, 7) is 1.25. The predicted molar refractivity (Wildman–Crippen MR) is 114 cm³/mol. The maximum Gasteiger partial charge on any atom is 0.240 e. The van der Waals surface area contributed by atoms with Gasteiger partial charge in [-0.15, -0.1) is 11.3 Å². The van der Waals surface area contributed by atoms with E-state index in [1.165, 1.54) is 5.56 Å². The van der Waals surface area contributed by atoms with Crippen molar-refractivity contribution >= 4 is 22.9 Å². The molecule has 2 aromatic carbocycles. The molecule has 0 saturated carbocycles. The number of nitrogens with one attached hydrogen (secondary N) is 1. The van der Waals surface area contributed by atoms with Crippen LogP contribution >= 0.6 is 11.3 Å². The van der Waals surface area contributed by atoms with E-state index >= 15 is 0 Å². The van der Waals surface area contributed by atoms with E-state index in [0.29, 0.717) is 6.54 Å². The van der Waals surface area contributed by atoms with Gasteiger partial charge in [0.25, 0.3) is 0 Å². The molecule has 5 heteroatoms. The first kappa shape index (κ1) is 18.6. The van der Waals surface area contributed by atoms with Gasteiger partial charge < -0.3 is 15.0 Å². The van der Waals surface area contributed by atoms with Crippen LogP contribution in [0.15, 0.2) is 66.0 Å². The smallest absolute Gasteiger partial charge is 0.240 e. The van der Waals surface area contributed by atoms with Crippen molar-refractivity contribution in [3.63, 3.8) is 0 Å². The summed E-state index contributed by atoms with van der Waals surface area (Å²) in [7, 11) is 1.68. The summed E-state index contributed by atoms with van der Waals surface area (Å²) in [4.78, 5) is 16.3. The van der Waals surface area contributed by atoms with Crippen molar-refractivity contribution in [1.29, 1.82) is 0 Å². The average molecular weight is 393 g/mol. The molecule has 1 atom stereocenters. The minimum atomic E-state index is -0.117. The molecule has 1 N–H and O–H groups in total. The van der Waals surface area contributed by atoms with Crippen molar-refractivity contribution in [2.45, 2.75) is 18.9 Å². The lowest BCUT2D eigenvalue weighted by atomic mass is 10.0. The average Bonchev–Trinajstić information content (AvgIpc) is 3.27. The number of nitrogens with zero attached hydrogens (tertiary/aromatic N) is 1. The van der Waals surface area contributed by atoms with Gasteiger partial charge in [0.2, 0.25) is 5.91 Å². The molecule has 4 nitrogen and oxygen atoms in total. The van der Waals surface area contributed by atoms with E-state index in [1.54, 1.807) is 18.4 Å². The summed E-state index contributed by atoms with van der Waals surface area (Å²) in [6.07, 6.45) is 2.06. The highest BCUT2D eigenvalue weighted by atomic mass is 32.1. The molecular weight excluding hydrogens is 368 g/mol. The van der Waals surface area contributed by atoms with Gasteiger partial charge in [0.05, 0.1) is 19.7 Å². The SMILES string of the molecule is COc1ccc2c(c1)CCCN2CC(=O)N[C@H](c1ccccc1)c1cccs1. The molecule has 0 saturated heterocycles. The first-order valence-corrected chi connectivity index (χ1v) is 10.4. The molecule has 1 amide bonds. The second-order valence-corrected chi connectivity index (χ2v) is 7.93. The Morgan fingerprint density at radius 2 is 2.04 bits per heavy atom. The standard InChI is InChI=1S/C23H24N2O2S/c1-27-19-11-12-20-18(15-19)9-5-13-25(20)16-22(26)24-23(21-10-6-14-28-21)17-7-3-2-4-8-17/h2-4,6-8,10-12,14-15,23H,5,9,13,16H2,1H3,(H,24,26)/t23-/m1/s1. The third kappa shape index (κ3) is 4.04. The van der Waals surface area contributed by atoms with Gasteiger partial charge in [-0.3, -0.25) is 4.79 Å². The molecule has 1 aliphatic rings. The lowest BCUT2D eigenvalue weighted by Gasteiger charge is -2.31. The Labute approximate surface area is 169 Å². The Hall–Kier alpha value is -2.79. The van der Waals surface area contributed by atoms with Gasteiger partial charge in [0.1, 0.15) is 5.75 Å². The van der Waals surface area contributed by atoms with Crippen molar-refractivity contribution in [1.82, 2.24) is 5.32 Å². The van der Waals surface area contributed by atoms with E-state index < -0.39 is 0 Å². The molecule has 0 radical (unpaired) electrons. The highest BCUT2D eigenvalue weighted by Crippen LogP contribution is 2.31. The Morgan fingerprint density at radius 1 is 1.18 bits per heavy atom. The van der Waals surface area contributed by atoms with Crippen LogP contribution in [0.4, 0.5) is 5.69 Å². The maximum absolute atomic E-state index is 13.0. The minimum absolute atomic E-state index is 0.0333. The fraction of sp³-hybridized carbons (Fsp3) is 0.261. The molecule has 0 unspecified atom stereocenters. The van der Waals surface area contributed by atoms with E-state index in [4.69, 9.17) is 4.74 Å². The van der Waals surface area contributed by atoms with Gasteiger partial charge in [0, 0.05) is 17.1 Å². The highest BCUT2D eigenvalue weighted by Gasteiger charge is 2.22. The Kier molecular flexibility index (Phi) is 5.63. The number of ether oxygens (including phenoxy) is 1. The number of hydrogen-bond donors (Lipinski definition) is 1. The van der Waals surface area contributed by atoms with Crippen LogP contribution in [0.3, 0.4) is 0 Å². The normalized spacial score (nSPS) is 14.2. The lowest BCUT2D eigenvalue weighted by molar-refractivity contribution is -0.120. The number of aryl methyl sites for hydroxylation is 1. The minimum Gasteiger partial charge on any atom is -0.497 e. The van der Waals surface area contributed by atoms with E-state index in [0.717, 1.165) is 41.3 Å². The van der Waals surface area contributed by atoms with Crippen molar-refractivity contribution in [3.05, 3.63) is 82.0 Å². The van der Waals surface area contributed by atoms with Crippen LogP contribution in [0.25, 0.3) is 0 Å². The van der Waals surface area contributed by atoms with Crippen molar-refractivity contribution in [2.24, 2.45) is 0 Å². The van der Waals surface area contributed by atoms with E-state index in [9.17, 15) is 4.79 Å². The fourth-order valence-electron chi connectivity index (χ4n) is 3.74. The Balaban J connectivity index is 1.51. The van der Waals surface area contributed by atoms with Gasteiger partial charge in [-0.1, -0.05) is 36.4 Å². The summed E-state index contributed by atoms with van der Waals surface area (Å²) >= 11 is 1.66. The fourth-order valence-corrected chi connectivity index (χ4v) is 4.54. The van der Waals surface area contributed by atoms with Crippen LogP contribution in [-0.4, -0.2) is 26.1 Å². The molecule has 0 fully saturated rings. The number of thiophene rings is 1. The first-order chi connectivity index (χ1) is 13.7. The number of fused-ring (bicyclic) bond motifs is 1. The summed E-state index contributed by atoms with van der Waals surface area (Å²) < 4.78 is 5.34. The van der Waals surface area contributed by atoms with Gasteiger partial charge in [-0.25, -0.2) is 0 Å². The molecule has 1 aromatic heterocycles. The largest absolute Gasteiger partial charge is 0.497 e. The van der Waals surface area contributed by atoms with Crippen LogP contribution in [0.5, 0.6) is 5.75 Å². The van der Waals surface area contributed by atoms with Crippen LogP contribution in [0.1, 0.15) is 28.5 Å². The molecule has 0 spiro atoms. The number of anilines is 1. The maximum atomic E-state index is 13.0. The lowest BCUT2D eigenvalue weighted by Crippen LogP contribution is -2.41. The molecule has 144 valence electrons. The number of amides is 1. The van der Waals surface area contributed by atoms with Crippen molar-refractivity contribution in [2.75, 3.05) is 25.1 Å². The molecule has 3 aromatic rings. The molecular formula is C23H24N2O2S. The van der Waals surface area contributed by atoms with Crippen LogP contribution in [0.2, 0.25) is 0 Å². The Bertz CT molecular complexity index is 925. The topological polar surface area (TPSA) is 41.6 Å². The molecule has 4 rings (SSSR count). The molecule has 0 aliphatic carbocycles. The molecule has 28 heavy (non-hydrogen) atoms. The zero-order valence-corrected chi connectivity index (χ0v) is 16.7. The summed E-state index contributed by atoms with van der Waals surface area (Å²) in [5.41, 5.74) is 3.48. The highest BCUT2D eigenvalue weighted by molar-refractivity contribution is 7.10. The number of benzene rings is 2. The van der Waals surface area contributed by atoms with Gasteiger partial charge >= 0.3 is 0 Å². The summed E-state index contributed by atoms with van der Waals surface area (Å²) in [6, 6.07) is 20.2. The van der Waals surface area contributed by atoms with E-state index in [-0.39, 0.29) is 11.9 Å². The number of rotatable bonds is 6. The van der Waals surface area contributed by atoms with E-state index in [2.05, 4.69) is 40.5 Å². The molecule has 1 aliphatic heterocycles. The summed E-state index contributed by atoms with van der Waals surface area (Å²) in [5, 5.41) is 5.29. The number of methoxy groups -OCH3 is 1. The van der Waals surface area contributed by atoms with Crippen LogP contribution < -0.4 is 15.0 Å². The zero-order valence-electron chi connectivity index (χ0n) is 15.9. The van der Waals surface area contributed by atoms with Gasteiger partial charge in [0.15, 0.2) is 0 Å². The number of carbonyl (C=O) groups excluding carboxylic acids is 1. The first-order valence-electron chi connectivity index (χ1n) is 9.54. The van der Waals surface area contributed by atoms with Crippen LogP contribution in [0, 0.1) is 0 Å². The second kappa shape index (κ2) is 8.48. The number of hydrogen-bond acceptors (Lipinski definition) is 4. The monoisotopic (exact) mass is 392 g/mol.